The van der Waals surface area contributed by atoms with Gasteiger partial charge in [-0.05, 0) is 43.9 Å². The Kier molecular flexibility index (Phi) is 3.45. The molecule has 0 fully saturated rings. The second kappa shape index (κ2) is 5.63. The van der Waals surface area contributed by atoms with Crippen LogP contribution in [0.15, 0.2) is 22.6 Å². The predicted molar refractivity (Wildman–Crippen MR) is 89.7 cm³/mol. The van der Waals surface area contributed by atoms with Crippen molar-refractivity contribution in [1.29, 1.82) is 0 Å². The molecule has 0 aliphatic heterocycles. The van der Waals surface area contributed by atoms with Crippen molar-refractivity contribution in [2.75, 3.05) is 0 Å². The Labute approximate surface area is 138 Å². The molecule has 6 nitrogen and oxygen atoms in total. The number of fused-ring (bicyclic) bond motifs is 2. The van der Waals surface area contributed by atoms with Gasteiger partial charge in [0, 0.05) is 18.7 Å². The molecule has 1 N–H and O–H groups in total. The highest BCUT2D eigenvalue weighted by Gasteiger charge is 2.18. The molecule has 24 heavy (non-hydrogen) atoms. The van der Waals surface area contributed by atoms with Gasteiger partial charge in [-0.2, -0.15) is 5.10 Å². The number of hydrogen-bond acceptors (Lipinski definition) is 4. The molecule has 6 heteroatoms. The second-order valence-corrected chi connectivity index (χ2v) is 5.98. The molecule has 1 aliphatic carbocycles. The van der Waals surface area contributed by atoms with Gasteiger partial charge in [0.1, 0.15) is 5.52 Å². The molecular formula is C18H17N3O3. The van der Waals surface area contributed by atoms with Crippen LogP contribution in [-0.2, 0) is 19.9 Å². The van der Waals surface area contributed by atoms with Crippen LogP contribution in [0, 0.1) is 0 Å². The monoisotopic (exact) mass is 323 g/mol. The molecule has 4 rings (SSSR count). The third-order valence-corrected chi connectivity index (χ3v) is 4.42. The first-order valence-electron chi connectivity index (χ1n) is 7.99. The summed E-state index contributed by atoms with van der Waals surface area (Å²) in [5, 5.41) is 13.8. The molecule has 0 saturated heterocycles. The number of carboxylic acid groups (broad SMARTS) is 1. The van der Waals surface area contributed by atoms with Crippen LogP contribution in [0.2, 0.25) is 0 Å². The summed E-state index contributed by atoms with van der Waals surface area (Å²) in [4.78, 5) is 15.6. The molecule has 3 aromatic rings. The molecule has 122 valence electrons. The van der Waals surface area contributed by atoms with Crippen molar-refractivity contribution < 1.29 is 14.3 Å². The Morgan fingerprint density at radius 2 is 2.12 bits per heavy atom. The predicted octanol–water partition coefficient (Wildman–Crippen LogP) is 3.31. The molecular weight excluding hydrogens is 306 g/mol. The van der Waals surface area contributed by atoms with Crippen molar-refractivity contribution >= 4 is 29.2 Å². The molecule has 0 spiro atoms. The van der Waals surface area contributed by atoms with Gasteiger partial charge in [-0.25, -0.2) is 9.78 Å². The maximum atomic E-state index is 11.3. The van der Waals surface area contributed by atoms with E-state index >= 15 is 0 Å². The van der Waals surface area contributed by atoms with E-state index in [1.165, 1.54) is 30.2 Å². The lowest BCUT2D eigenvalue weighted by Crippen LogP contribution is -2.00. The highest BCUT2D eigenvalue weighted by Crippen LogP contribution is 2.26. The summed E-state index contributed by atoms with van der Waals surface area (Å²) >= 11 is 0. The highest BCUT2D eigenvalue weighted by atomic mass is 16.4. The zero-order valence-corrected chi connectivity index (χ0v) is 13.3. The van der Waals surface area contributed by atoms with E-state index in [1.54, 1.807) is 18.2 Å². The molecule has 2 aromatic heterocycles. The van der Waals surface area contributed by atoms with Crippen molar-refractivity contribution in [1.82, 2.24) is 14.8 Å². The third kappa shape index (κ3) is 2.40. The Hall–Kier alpha value is -2.89. The summed E-state index contributed by atoms with van der Waals surface area (Å²) in [7, 11) is 1.94. The summed E-state index contributed by atoms with van der Waals surface area (Å²) < 4.78 is 7.54. The van der Waals surface area contributed by atoms with Crippen LogP contribution in [0.4, 0.5) is 0 Å². The van der Waals surface area contributed by atoms with Gasteiger partial charge in [0.2, 0.25) is 5.89 Å². The fourth-order valence-corrected chi connectivity index (χ4v) is 3.27. The van der Waals surface area contributed by atoms with E-state index in [2.05, 4.69) is 10.1 Å². The first-order chi connectivity index (χ1) is 11.6. The second-order valence-electron chi connectivity index (χ2n) is 5.98. The van der Waals surface area contributed by atoms with Gasteiger partial charge < -0.3 is 9.52 Å². The maximum absolute atomic E-state index is 11.3. The van der Waals surface area contributed by atoms with Crippen molar-refractivity contribution in [2.24, 2.45) is 7.05 Å². The van der Waals surface area contributed by atoms with E-state index in [9.17, 15) is 9.90 Å². The van der Waals surface area contributed by atoms with Crippen molar-refractivity contribution in [3.63, 3.8) is 0 Å². The topological polar surface area (TPSA) is 81.2 Å². The molecule has 0 atom stereocenters. The van der Waals surface area contributed by atoms with E-state index in [1.807, 2.05) is 17.8 Å². The van der Waals surface area contributed by atoms with Crippen LogP contribution in [-0.4, -0.2) is 25.8 Å². The van der Waals surface area contributed by atoms with Crippen molar-refractivity contribution in [2.45, 2.75) is 25.7 Å². The number of para-hydroxylation sites is 1. The summed E-state index contributed by atoms with van der Waals surface area (Å²) in [6.07, 6.45) is 8.17. The molecule has 1 aromatic carbocycles. The maximum Gasteiger partial charge on any atom is 0.338 e. The number of rotatable bonds is 3. The standard InChI is InChI=1S/C18H17N3O3/c1-21-14(11-5-2-3-7-13(11)20-21)9-10-16-19-17-12(18(22)23)6-4-8-15(17)24-16/h4,6,8-10H,2-3,5,7H2,1H3,(H,22,23). The quantitative estimate of drug-likeness (QED) is 0.799. The molecule has 2 heterocycles. The zero-order valence-electron chi connectivity index (χ0n) is 13.3. The van der Waals surface area contributed by atoms with Crippen LogP contribution in [0.1, 0.15) is 46.0 Å². The van der Waals surface area contributed by atoms with Gasteiger partial charge in [-0.15, -0.1) is 0 Å². The van der Waals surface area contributed by atoms with Crippen LogP contribution in [0.25, 0.3) is 23.3 Å². The first-order valence-corrected chi connectivity index (χ1v) is 7.99. The number of hydrogen-bond donors (Lipinski definition) is 1. The van der Waals surface area contributed by atoms with E-state index in [-0.39, 0.29) is 5.56 Å². The van der Waals surface area contributed by atoms with Gasteiger partial charge in [-0.1, -0.05) is 6.07 Å². The smallest absolute Gasteiger partial charge is 0.338 e. The summed E-state index contributed by atoms with van der Waals surface area (Å²) in [5.41, 5.74) is 4.52. The minimum atomic E-state index is -1.01. The van der Waals surface area contributed by atoms with Crippen molar-refractivity contribution in [3.8, 4) is 0 Å². The van der Waals surface area contributed by atoms with Gasteiger partial charge in [0.25, 0.3) is 0 Å². The number of carboxylic acids is 1. The van der Waals surface area contributed by atoms with Crippen molar-refractivity contribution in [3.05, 3.63) is 46.6 Å². The number of benzene rings is 1. The van der Waals surface area contributed by atoms with E-state index in [4.69, 9.17) is 4.42 Å². The third-order valence-electron chi connectivity index (χ3n) is 4.42. The number of carbonyl (C=O) groups is 1. The lowest BCUT2D eigenvalue weighted by Gasteiger charge is -2.09. The highest BCUT2D eigenvalue weighted by molar-refractivity contribution is 6.00. The average Bonchev–Trinajstić information content (AvgIpc) is 3.12. The minimum Gasteiger partial charge on any atom is -0.478 e. The fourth-order valence-electron chi connectivity index (χ4n) is 3.27. The van der Waals surface area contributed by atoms with Crippen LogP contribution in [0.5, 0.6) is 0 Å². The number of aromatic nitrogens is 3. The normalized spacial score (nSPS) is 14.4. The van der Waals surface area contributed by atoms with Crippen LogP contribution < -0.4 is 0 Å². The number of oxazole rings is 1. The minimum absolute atomic E-state index is 0.147. The van der Waals surface area contributed by atoms with Gasteiger partial charge >= 0.3 is 5.97 Å². The summed E-state index contributed by atoms with van der Waals surface area (Å²) in [6, 6.07) is 4.90. The van der Waals surface area contributed by atoms with Gasteiger partial charge in [0.05, 0.1) is 17.0 Å². The lowest BCUT2D eigenvalue weighted by molar-refractivity contribution is 0.0699. The number of nitrogens with zero attached hydrogens (tertiary/aromatic N) is 3. The fraction of sp³-hybridized carbons (Fsp3) is 0.278. The largest absolute Gasteiger partial charge is 0.478 e. The van der Waals surface area contributed by atoms with Gasteiger partial charge in [0.15, 0.2) is 5.58 Å². The molecule has 0 saturated carbocycles. The van der Waals surface area contributed by atoms with Gasteiger partial charge in [-0.3, -0.25) is 4.68 Å². The average molecular weight is 323 g/mol. The molecule has 1 aliphatic rings. The Morgan fingerprint density at radius 3 is 2.96 bits per heavy atom. The molecule has 0 unspecified atom stereocenters. The van der Waals surface area contributed by atoms with Crippen LogP contribution >= 0.6 is 0 Å². The number of aryl methyl sites for hydroxylation is 2. The van der Waals surface area contributed by atoms with Crippen LogP contribution in [0.3, 0.4) is 0 Å². The molecule has 0 amide bonds. The zero-order chi connectivity index (χ0) is 16.7. The SMILES string of the molecule is Cn1nc2c(c1C=Cc1nc3c(C(=O)O)cccc3o1)CCCC2. The Morgan fingerprint density at radius 1 is 1.29 bits per heavy atom. The first kappa shape index (κ1) is 14.7. The Bertz CT molecular complexity index is 965. The molecule has 0 bridgehead atoms. The lowest BCUT2D eigenvalue weighted by atomic mass is 9.96. The summed E-state index contributed by atoms with van der Waals surface area (Å²) in [5.74, 6) is -0.616. The van der Waals surface area contributed by atoms with E-state index < -0.39 is 5.97 Å². The number of aromatic carboxylic acids is 1. The van der Waals surface area contributed by atoms with E-state index in [0.29, 0.717) is 17.0 Å². The molecule has 0 radical (unpaired) electrons. The summed E-state index contributed by atoms with van der Waals surface area (Å²) in [6.45, 7) is 0. The Balaban J connectivity index is 1.72. The van der Waals surface area contributed by atoms with E-state index in [0.717, 1.165) is 18.5 Å².